The lowest BCUT2D eigenvalue weighted by atomic mass is 10.1. The Hall–Kier alpha value is -1.57. The minimum Gasteiger partial charge on any atom is -0.340 e. The van der Waals surface area contributed by atoms with Crippen molar-refractivity contribution >= 4 is 0 Å². The predicted molar refractivity (Wildman–Crippen MR) is 57.2 cm³/mol. The zero-order valence-electron chi connectivity index (χ0n) is 8.57. The van der Waals surface area contributed by atoms with Crippen LogP contribution < -0.4 is 0 Å². The van der Waals surface area contributed by atoms with Crippen molar-refractivity contribution in [3.05, 3.63) is 53.6 Å². The lowest BCUT2D eigenvalue weighted by Gasteiger charge is -1.98. The number of hydrogen-bond acceptors (Lipinski definition) is 1. The van der Waals surface area contributed by atoms with Gasteiger partial charge in [-0.25, -0.2) is 4.98 Å². The molecule has 0 unspecified atom stereocenters. The molecule has 0 N–H and O–H groups in total. The quantitative estimate of drug-likeness (QED) is 0.703. The van der Waals surface area contributed by atoms with Gasteiger partial charge in [-0.15, -0.1) is 0 Å². The van der Waals surface area contributed by atoms with E-state index in [1.807, 2.05) is 17.9 Å². The lowest BCUT2D eigenvalue weighted by molar-refractivity contribution is 0.912. The van der Waals surface area contributed by atoms with Gasteiger partial charge in [-0.2, -0.15) is 0 Å². The number of aromatic nitrogens is 2. The summed E-state index contributed by atoms with van der Waals surface area (Å²) in [5, 5.41) is 0. The van der Waals surface area contributed by atoms with Gasteiger partial charge < -0.3 is 4.57 Å². The first kappa shape index (κ1) is 9.00. The summed E-state index contributed by atoms with van der Waals surface area (Å²) >= 11 is 0. The van der Waals surface area contributed by atoms with Gasteiger partial charge in [0.1, 0.15) is 0 Å². The summed E-state index contributed by atoms with van der Waals surface area (Å²) in [7, 11) is 1.99. The Morgan fingerprint density at radius 2 is 1.93 bits per heavy atom. The molecule has 1 heterocycles. The summed E-state index contributed by atoms with van der Waals surface area (Å²) in [5.74, 6) is 0. The second kappa shape index (κ2) is 3.66. The standard InChI is InChI=1S/C12H14N2/c1-10-3-5-11(6-4-10)7-12-8-14(2)9-13-12/h3-6,8-9H,7H2,1-2H3. The van der Waals surface area contributed by atoms with Crippen LogP contribution in [0.5, 0.6) is 0 Å². The maximum atomic E-state index is 4.30. The van der Waals surface area contributed by atoms with E-state index in [0.29, 0.717) is 0 Å². The zero-order valence-corrected chi connectivity index (χ0v) is 8.57. The van der Waals surface area contributed by atoms with Crippen molar-refractivity contribution in [2.24, 2.45) is 7.05 Å². The molecule has 1 aromatic heterocycles. The Bertz CT molecular complexity index is 412. The fraction of sp³-hybridized carbons (Fsp3) is 0.250. The van der Waals surface area contributed by atoms with Gasteiger partial charge in [-0.3, -0.25) is 0 Å². The predicted octanol–water partition coefficient (Wildman–Crippen LogP) is 2.32. The van der Waals surface area contributed by atoms with Crippen LogP contribution in [0.25, 0.3) is 0 Å². The van der Waals surface area contributed by atoms with E-state index < -0.39 is 0 Å². The van der Waals surface area contributed by atoms with Crippen molar-refractivity contribution in [3.63, 3.8) is 0 Å². The van der Waals surface area contributed by atoms with Crippen molar-refractivity contribution in [2.45, 2.75) is 13.3 Å². The Morgan fingerprint density at radius 3 is 2.50 bits per heavy atom. The molecule has 2 aromatic rings. The maximum Gasteiger partial charge on any atom is 0.0946 e. The smallest absolute Gasteiger partial charge is 0.0946 e. The van der Waals surface area contributed by atoms with Crippen molar-refractivity contribution in [2.75, 3.05) is 0 Å². The molecule has 0 fully saturated rings. The van der Waals surface area contributed by atoms with E-state index in [2.05, 4.69) is 42.4 Å². The Kier molecular flexibility index (Phi) is 2.35. The molecule has 0 aliphatic heterocycles. The number of nitrogens with zero attached hydrogens (tertiary/aromatic N) is 2. The van der Waals surface area contributed by atoms with Crippen molar-refractivity contribution < 1.29 is 0 Å². The van der Waals surface area contributed by atoms with Crippen LogP contribution in [0.1, 0.15) is 16.8 Å². The lowest BCUT2D eigenvalue weighted by Crippen LogP contribution is -1.88. The van der Waals surface area contributed by atoms with Gasteiger partial charge in [0.05, 0.1) is 12.0 Å². The van der Waals surface area contributed by atoms with Gasteiger partial charge in [0, 0.05) is 19.7 Å². The molecule has 1 aromatic carbocycles. The first-order valence-corrected chi connectivity index (χ1v) is 4.76. The molecule has 2 rings (SSSR count). The molecule has 0 saturated carbocycles. The zero-order chi connectivity index (χ0) is 9.97. The molecule has 2 heteroatoms. The van der Waals surface area contributed by atoms with E-state index in [1.54, 1.807) is 0 Å². The normalized spacial score (nSPS) is 10.4. The molecule has 14 heavy (non-hydrogen) atoms. The third-order valence-electron chi connectivity index (χ3n) is 2.26. The van der Waals surface area contributed by atoms with Crippen LogP contribution in [0, 0.1) is 6.92 Å². The summed E-state index contributed by atoms with van der Waals surface area (Å²) in [6.07, 6.45) is 4.81. The number of aryl methyl sites for hydroxylation is 2. The SMILES string of the molecule is Cc1ccc(Cc2cn(C)cn2)cc1. The molecule has 2 nitrogen and oxygen atoms in total. The number of hydrogen-bond donors (Lipinski definition) is 0. The Balaban J connectivity index is 2.15. The van der Waals surface area contributed by atoms with Crippen LogP contribution >= 0.6 is 0 Å². The first-order chi connectivity index (χ1) is 6.74. The highest BCUT2D eigenvalue weighted by Crippen LogP contribution is 2.08. The fourth-order valence-electron chi connectivity index (χ4n) is 1.47. The van der Waals surface area contributed by atoms with Crippen molar-refractivity contribution in [1.82, 2.24) is 9.55 Å². The first-order valence-electron chi connectivity index (χ1n) is 4.76. The van der Waals surface area contributed by atoms with Crippen molar-refractivity contribution in [3.8, 4) is 0 Å². The fourth-order valence-corrected chi connectivity index (χ4v) is 1.47. The minimum absolute atomic E-state index is 0.918. The second-order valence-electron chi connectivity index (χ2n) is 3.69. The largest absolute Gasteiger partial charge is 0.340 e. The molecule has 0 spiro atoms. The molecule has 0 bridgehead atoms. The third kappa shape index (κ3) is 2.02. The highest BCUT2D eigenvalue weighted by molar-refractivity contribution is 5.24. The molecule has 0 atom stereocenters. The molecule has 0 amide bonds. The highest BCUT2D eigenvalue weighted by Gasteiger charge is 1.98. The van der Waals surface area contributed by atoms with Gasteiger partial charge in [-0.1, -0.05) is 29.8 Å². The Morgan fingerprint density at radius 1 is 1.21 bits per heavy atom. The summed E-state index contributed by atoms with van der Waals surface area (Å²) in [4.78, 5) is 4.30. The van der Waals surface area contributed by atoms with E-state index >= 15 is 0 Å². The second-order valence-corrected chi connectivity index (χ2v) is 3.69. The van der Waals surface area contributed by atoms with E-state index in [0.717, 1.165) is 12.1 Å². The van der Waals surface area contributed by atoms with Crippen LogP contribution in [-0.4, -0.2) is 9.55 Å². The molecule has 72 valence electrons. The summed E-state index contributed by atoms with van der Waals surface area (Å²) in [5.41, 5.74) is 3.74. The van der Waals surface area contributed by atoms with Crippen LogP contribution in [0.3, 0.4) is 0 Å². The molecule has 0 aliphatic rings. The Labute approximate surface area is 84.2 Å². The number of benzene rings is 1. The van der Waals surface area contributed by atoms with E-state index in [9.17, 15) is 0 Å². The monoisotopic (exact) mass is 186 g/mol. The summed E-state index contributed by atoms with van der Waals surface area (Å²) in [6.45, 7) is 2.10. The average Bonchev–Trinajstić information content (AvgIpc) is 2.56. The van der Waals surface area contributed by atoms with E-state index in [1.165, 1.54) is 11.1 Å². The molecule has 0 aliphatic carbocycles. The van der Waals surface area contributed by atoms with Crippen LogP contribution in [-0.2, 0) is 13.5 Å². The summed E-state index contributed by atoms with van der Waals surface area (Å²) < 4.78 is 1.98. The van der Waals surface area contributed by atoms with Crippen LogP contribution in [0.2, 0.25) is 0 Å². The van der Waals surface area contributed by atoms with Crippen molar-refractivity contribution in [1.29, 1.82) is 0 Å². The van der Waals surface area contributed by atoms with E-state index in [4.69, 9.17) is 0 Å². The molecular weight excluding hydrogens is 172 g/mol. The topological polar surface area (TPSA) is 17.8 Å². The van der Waals surface area contributed by atoms with Gasteiger partial charge in [0.25, 0.3) is 0 Å². The van der Waals surface area contributed by atoms with E-state index in [-0.39, 0.29) is 0 Å². The minimum atomic E-state index is 0.918. The van der Waals surface area contributed by atoms with Gasteiger partial charge in [0.2, 0.25) is 0 Å². The summed E-state index contributed by atoms with van der Waals surface area (Å²) in [6, 6.07) is 8.59. The van der Waals surface area contributed by atoms with Crippen LogP contribution in [0.15, 0.2) is 36.8 Å². The third-order valence-corrected chi connectivity index (χ3v) is 2.26. The molecule has 0 saturated heterocycles. The van der Waals surface area contributed by atoms with Crippen LogP contribution in [0.4, 0.5) is 0 Å². The maximum absolute atomic E-state index is 4.30. The van der Waals surface area contributed by atoms with Gasteiger partial charge in [-0.05, 0) is 12.5 Å². The van der Waals surface area contributed by atoms with Gasteiger partial charge in [0.15, 0.2) is 0 Å². The number of rotatable bonds is 2. The van der Waals surface area contributed by atoms with Gasteiger partial charge >= 0.3 is 0 Å². The number of imidazole rings is 1. The highest BCUT2D eigenvalue weighted by atomic mass is 15.0. The average molecular weight is 186 g/mol. The molecular formula is C12H14N2. The molecule has 0 radical (unpaired) electrons.